The maximum Gasteiger partial charge on any atom is 0.336 e. The molecule has 0 unspecified atom stereocenters. The molecule has 0 saturated carbocycles. The molecule has 7 nitrogen and oxygen atoms in total. The van der Waals surface area contributed by atoms with Gasteiger partial charge in [0, 0.05) is 23.1 Å². The van der Waals surface area contributed by atoms with Crippen LogP contribution >= 0.6 is 0 Å². The quantitative estimate of drug-likeness (QED) is 0.344. The number of aromatic nitrogens is 2. The number of imidazole rings is 1. The Balaban J connectivity index is 1.37. The van der Waals surface area contributed by atoms with Gasteiger partial charge in [-0.1, -0.05) is 30.3 Å². The molecule has 5 aromatic rings. The number of carbonyl (C=O) groups is 1. The molecular formula is C27H20FN3O4. The Bertz CT molecular complexity index is 1540. The van der Waals surface area contributed by atoms with Crippen LogP contribution < -0.4 is 15.7 Å². The molecule has 2 heterocycles. The fourth-order valence-corrected chi connectivity index (χ4v) is 3.68. The lowest BCUT2D eigenvalue weighted by Crippen LogP contribution is -2.22. The minimum Gasteiger partial charge on any atom is -0.484 e. The van der Waals surface area contributed by atoms with Crippen molar-refractivity contribution in [1.82, 2.24) is 9.55 Å². The Morgan fingerprint density at radius 3 is 2.57 bits per heavy atom. The second kappa shape index (κ2) is 9.64. The van der Waals surface area contributed by atoms with Crippen molar-refractivity contribution in [2.45, 2.75) is 6.54 Å². The number of anilines is 1. The van der Waals surface area contributed by atoms with E-state index in [0.717, 1.165) is 10.9 Å². The highest BCUT2D eigenvalue weighted by molar-refractivity contribution is 5.94. The standard InChI is InChI=1S/C27H20FN3O4/c28-21-10-6-20(7-11-21)26-27(31(17-29-26)15-18-4-2-1-3-5-18)30-24(32)16-34-22-12-8-19-9-13-25(33)35-23(19)14-22/h1-14,17H,15-16H2,(H,30,32). The number of hydrogen-bond acceptors (Lipinski definition) is 5. The first-order valence-corrected chi connectivity index (χ1v) is 10.9. The zero-order valence-corrected chi connectivity index (χ0v) is 18.5. The average Bonchev–Trinajstić information content (AvgIpc) is 3.25. The summed E-state index contributed by atoms with van der Waals surface area (Å²) in [5, 5.41) is 3.62. The molecule has 0 aliphatic rings. The van der Waals surface area contributed by atoms with Crippen molar-refractivity contribution >= 4 is 22.7 Å². The molecule has 0 radical (unpaired) electrons. The SMILES string of the molecule is O=C(COc1ccc2ccc(=O)oc2c1)Nc1c(-c2ccc(F)cc2)ncn1Cc1ccccc1. The highest BCUT2D eigenvalue weighted by Gasteiger charge is 2.17. The number of nitrogens with one attached hydrogen (secondary N) is 1. The van der Waals surface area contributed by atoms with Gasteiger partial charge in [-0.25, -0.2) is 14.2 Å². The molecule has 0 bridgehead atoms. The summed E-state index contributed by atoms with van der Waals surface area (Å²) in [5.41, 5.74) is 2.11. The maximum absolute atomic E-state index is 13.5. The van der Waals surface area contributed by atoms with Gasteiger partial charge < -0.3 is 19.0 Å². The van der Waals surface area contributed by atoms with Gasteiger partial charge in [-0.05, 0) is 48.0 Å². The maximum atomic E-state index is 13.5. The van der Waals surface area contributed by atoms with Crippen molar-refractivity contribution in [2.24, 2.45) is 0 Å². The van der Waals surface area contributed by atoms with Gasteiger partial charge in [-0.3, -0.25) is 4.79 Å². The summed E-state index contributed by atoms with van der Waals surface area (Å²) in [6.45, 7) is 0.206. The monoisotopic (exact) mass is 469 g/mol. The van der Waals surface area contributed by atoms with E-state index in [1.807, 2.05) is 34.9 Å². The number of fused-ring (bicyclic) bond motifs is 1. The predicted octanol–water partition coefficient (Wildman–Crippen LogP) is 4.86. The number of carbonyl (C=O) groups excluding carboxylic acids is 1. The highest BCUT2D eigenvalue weighted by atomic mass is 19.1. The number of hydrogen-bond donors (Lipinski definition) is 1. The van der Waals surface area contributed by atoms with Crippen LogP contribution in [0, 0.1) is 5.82 Å². The van der Waals surface area contributed by atoms with Gasteiger partial charge >= 0.3 is 5.63 Å². The van der Waals surface area contributed by atoms with E-state index in [4.69, 9.17) is 9.15 Å². The van der Waals surface area contributed by atoms with E-state index in [2.05, 4.69) is 10.3 Å². The molecule has 0 aliphatic heterocycles. The van der Waals surface area contributed by atoms with E-state index < -0.39 is 11.5 Å². The Morgan fingerprint density at radius 2 is 1.77 bits per heavy atom. The van der Waals surface area contributed by atoms with E-state index in [-0.39, 0.29) is 12.4 Å². The van der Waals surface area contributed by atoms with Crippen LogP contribution in [0.4, 0.5) is 10.2 Å². The average molecular weight is 469 g/mol. The Labute approximate surface area is 199 Å². The molecule has 0 fully saturated rings. The number of halogens is 1. The number of benzene rings is 3. The third-order valence-electron chi connectivity index (χ3n) is 5.37. The van der Waals surface area contributed by atoms with Crippen LogP contribution in [-0.4, -0.2) is 22.1 Å². The Hall–Kier alpha value is -4.72. The topological polar surface area (TPSA) is 86.4 Å². The van der Waals surface area contributed by atoms with Crippen molar-refractivity contribution in [3.63, 3.8) is 0 Å². The van der Waals surface area contributed by atoms with Crippen LogP contribution in [0.2, 0.25) is 0 Å². The summed E-state index contributed by atoms with van der Waals surface area (Å²) in [4.78, 5) is 28.8. The predicted molar refractivity (Wildman–Crippen MR) is 130 cm³/mol. The van der Waals surface area contributed by atoms with Crippen LogP contribution in [0.5, 0.6) is 5.75 Å². The summed E-state index contributed by atoms with van der Waals surface area (Å²) in [6.07, 6.45) is 1.63. The molecule has 0 aliphatic carbocycles. The molecule has 8 heteroatoms. The molecule has 0 atom stereocenters. The molecular weight excluding hydrogens is 449 g/mol. The summed E-state index contributed by atoms with van der Waals surface area (Å²) in [7, 11) is 0. The molecule has 35 heavy (non-hydrogen) atoms. The van der Waals surface area contributed by atoms with E-state index in [1.54, 1.807) is 42.7 Å². The molecule has 3 aromatic carbocycles. The molecule has 0 spiro atoms. The van der Waals surface area contributed by atoms with Crippen molar-refractivity contribution in [1.29, 1.82) is 0 Å². The zero-order chi connectivity index (χ0) is 24.2. The molecule has 0 saturated heterocycles. The van der Waals surface area contributed by atoms with Crippen molar-refractivity contribution in [3.8, 4) is 17.0 Å². The molecule has 1 N–H and O–H groups in total. The first kappa shape index (κ1) is 22.1. The fraction of sp³-hybridized carbons (Fsp3) is 0.0741. The van der Waals surface area contributed by atoms with Crippen LogP contribution in [-0.2, 0) is 11.3 Å². The molecule has 1 amide bonds. The van der Waals surface area contributed by atoms with Gasteiger partial charge in [0.15, 0.2) is 6.61 Å². The number of ether oxygens (including phenoxy) is 1. The van der Waals surface area contributed by atoms with E-state index in [0.29, 0.717) is 35.0 Å². The Kier molecular flexibility index (Phi) is 6.09. The lowest BCUT2D eigenvalue weighted by molar-refractivity contribution is -0.118. The van der Waals surface area contributed by atoms with Crippen molar-refractivity contribution < 1.29 is 18.3 Å². The van der Waals surface area contributed by atoms with Gasteiger partial charge in [0.2, 0.25) is 0 Å². The van der Waals surface area contributed by atoms with Crippen LogP contribution in [0.25, 0.3) is 22.2 Å². The van der Waals surface area contributed by atoms with E-state index in [1.165, 1.54) is 18.2 Å². The normalized spacial score (nSPS) is 10.9. The van der Waals surface area contributed by atoms with Gasteiger partial charge in [0.05, 0.1) is 12.9 Å². The number of amides is 1. The summed E-state index contributed by atoms with van der Waals surface area (Å²) in [5.74, 6) is 0.0950. The largest absolute Gasteiger partial charge is 0.484 e. The van der Waals surface area contributed by atoms with Gasteiger partial charge in [0.25, 0.3) is 5.91 Å². The van der Waals surface area contributed by atoms with Crippen LogP contribution in [0.3, 0.4) is 0 Å². The first-order chi connectivity index (χ1) is 17.0. The number of nitrogens with zero attached hydrogens (tertiary/aromatic N) is 2. The van der Waals surface area contributed by atoms with Crippen LogP contribution in [0.15, 0.2) is 100 Å². The fourth-order valence-electron chi connectivity index (χ4n) is 3.68. The summed E-state index contributed by atoms with van der Waals surface area (Å²) < 4.78 is 26.1. The second-order valence-electron chi connectivity index (χ2n) is 7.85. The van der Waals surface area contributed by atoms with Gasteiger partial charge in [0.1, 0.15) is 28.7 Å². The van der Waals surface area contributed by atoms with E-state index >= 15 is 0 Å². The van der Waals surface area contributed by atoms with Crippen molar-refractivity contribution in [2.75, 3.05) is 11.9 Å². The number of rotatable bonds is 7. The third kappa shape index (κ3) is 5.11. The highest BCUT2D eigenvalue weighted by Crippen LogP contribution is 2.28. The van der Waals surface area contributed by atoms with Gasteiger partial charge in [-0.2, -0.15) is 0 Å². The lowest BCUT2D eigenvalue weighted by atomic mass is 10.1. The van der Waals surface area contributed by atoms with Gasteiger partial charge in [-0.15, -0.1) is 0 Å². The smallest absolute Gasteiger partial charge is 0.336 e. The van der Waals surface area contributed by atoms with Crippen molar-refractivity contribution in [3.05, 3.63) is 113 Å². The summed E-state index contributed by atoms with van der Waals surface area (Å²) >= 11 is 0. The van der Waals surface area contributed by atoms with E-state index in [9.17, 15) is 14.0 Å². The molecule has 5 rings (SSSR count). The Morgan fingerprint density at radius 1 is 1.00 bits per heavy atom. The molecule has 2 aromatic heterocycles. The zero-order valence-electron chi connectivity index (χ0n) is 18.5. The first-order valence-electron chi connectivity index (χ1n) is 10.9. The lowest BCUT2D eigenvalue weighted by Gasteiger charge is -2.13. The minimum absolute atomic E-state index is 0.276. The summed E-state index contributed by atoms with van der Waals surface area (Å²) in [6, 6.07) is 23.7. The minimum atomic E-state index is -0.465. The second-order valence-corrected chi connectivity index (χ2v) is 7.85. The molecule has 174 valence electrons. The van der Waals surface area contributed by atoms with Crippen LogP contribution in [0.1, 0.15) is 5.56 Å². The third-order valence-corrected chi connectivity index (χ3v) is 5.37.